The largest absolute Gasteiger partial charge is 0.439 e. The Bertz CT molecular complexity index is 110. The molecule has 3 heteroatoms. The minimum Gasteiger partial charge on any atom is -0.439 e. The Morgan fingerprint density at radius 1 is 1.20 bits per heavy atom. The molecular weight excluding hydrogens is 132 g/mol. The molecule has 3 nitrogen and oxygen atoms in total. The van der Waals surface area contributed by atoms with Crippen molar-refractivity contribution in [3.05, 3.63) is 25.7 Å². The van der Waals surface area contributed by atoms with Crippen molar-refractivity contribution < 1.29 is 14.2 Å². The van der Waals surface area contributed by atoms with Crippen molar-refractivity contribution in [2.45, 2.75) is 12.9 Å². The zero-order valence-corrected chi connectivity index (χ0v) is 6.29. The van der Waals surface area contributed by atoms with Gasteiger partial charge in [0.15, 0.2) is 0 Å². The molecule has 0 saturated heterocycles. The summed E-state index contributed by atoms with van der Waals surface area (Å²) in [6.07, 6.45) is 2.49. The van der Waals surface area contributed by atoms with E-state index >= 15 is 0 Å². The van der Waals surface area contributed by atoms with Crippen molar-refractivity contribution in [3.63, 3.8) is 0 Å². The van der Waals surface area contributed by atoms with Crippen LogP contribution in [0.5, 0.6) is 0 Å². The second-order valence-corrected chi connectivity index (χ2v) is 1.64. The fourth-order valence-corrected chi connectivity index (χ4v) is 0.427. The molecule has 0 heterocycles. The van der Waals surface area contributed by atoms with Gasteiger partial charge in [0.2, 0.25) is 0 Å². The van der Waals surface area contributed by atoms with E-state index in [4.69, 9.17) is 14.2 Å². The Morgan fingerprint density at radius 2 is 1.60 bits per heavy atom. The SMILES string of the molecule is C=COC(C)(OC)OC=C. The first-order valence-electron chi connectivity index (χ1n) is 2.81. The molecule has 0 bridgehead atoms. The first kappa shape index (κ1) is 9.04. The number of rotatable bonds is 5. The average molecular weight is 144 g/mol. The molecule has 0 rings (SSSR count). The molecule has 0 N–H and O–H groups in total. The van der Waals surface area contributed by atoms with Crippen LogP contribution in [-0.4, -0.2) is 13.1 Å². The van der Waals surface area contributed by atoms with Crippen LogP contribution >= 0.6 is 0 Å². The standard InChI is InChI=1S/C7H12O3/c1-5-9-7(3,8-4)10-6-2/h5-6H,1-2H2,3-4H3. The molecule has 0 spiro atoms. The average Bonchev–Trinajstić information content (AvgIpc) is 1.89. The van der Waals surface area contributed by atoms with Gasteiger partial charge in [-0.25, -0.2) is 0 Å². The van der Waals surface area contributed by atoms with Crippen molar-refractivity contribution in [1.82, 2.24) is 0 Å². The van der Waals surface area contributed by atoms with Crippen molar-refractivity contribution in [2.24, 2.45) is 0 Å². The van der Waals surface area contributed by atoms with Crippen LogP contribution in [0.2, 0.25) is 0 Å². The van der Waals surface area contributed by atoms with Gasteiger partial charge in [0.05, 0.1) is 12.5 Å². The quantitative estimate of drug-likeness (QED) is 0.433. The van der Waals surface area contributed by atoms with Gasteiger partial charge in [-0.3, -0.25) is 0 Å². The maximum atomic E-state index is 4.87. The van der Waals surface area contributed by atoms with E-state index in [1.54, 1.807) is 6.92 Å². The second kappa shape index (κ2) is 3.95. The molecule has 0 amide bonds. The van der Waals surface area contributed by atoms with Crippen molar-refractivity contribution >= 4 is 0 Å². The first-order chi connectivity index (χ1) is 4.68. The molecule has 0 aliphatic heterocycles. The second-order valence-electron chi connectivity index (χ2n) is 1.64. The van der Waals surface area contributed by atoms with Crippen LogP contribution in [0.15, 0.2) is 25.7 Å². The predicted molar refractivity (Wildman–Crippen MR) is 38.0 cm³/mol. The summed E-state index contributed by atoms with van der Waals surface area (Å²) in [5.74, 6) is -1.09. The first-order valence-corrected chi connectivity index (χ1v) is 2.81. The van der Waals surface area contributed by atoms with Gasteiger partial charge < -0.3 is 14.2 Å². The van der Waals surface area contributed by atoms with E-state index in [1.807, 2.05) is 0 Å². The van der Waals surface area contributed by atoms with Gasteiger partial charge in [-0.1, -0.05) is 13.2 Å². The lowest BCUT2D eigenvalue weighted by Gasteiger charge is -2.24. The summed E-state index contributed by atoms with van der Waals surface area (Å²) < 4.78 is 14.6. The van der Waals surface area contributed by atoms with Gasteiger partial charge in [-0.05, 0) is 0 Å². The van der Waals surface area contributed by atoms with E-state index in [9.17, 15) is 0 Å². The lowest BCUT2D eigenvalue weighted by Crippen LogP contribution is -2.30. The third-order valence-corrected chi connectivity index (χ3v) is 0.966. The Hall–Kier alpha value is -0.960. The summed E-state index contributed by atoms with van der Waals surface area (Å²) in [5, 5.41) is 0. The van der Waals surface area contributed by atoms with Gasteiger partial charge in [0.25, 0.3) is 0 Å². The van der Waals surface area contributed by atoms with E-state index in [0.717, 1.165) is 0 Å². The number of ether oxygens (including phenoxy) is 3. The Morgan fingerprint density at radius 3 is 1.80 bits per heavy atom. The van der Waals surface area contributed by atoms with E-state index in [1.165, 1.54) is 19.6 Å². The third kappa shape index (κ3) is 2.55. The fraction of sp³-hybridized carbons (Fsp3) is 0.429. The number of methoxy groups -OCH3 is 1. The molecule has 0 fully saturated rings. The molecule has 0 aromatic carbocycles. The van der Waals surface area contributed by atoms with E-state index in [0.29, 0.717) is 0 Å². The van der Waals surface area contributed by atoms with Gasteiger partial charge in [0.1, 0.15) is 0 Å². The highest BCUT2D eigenvalue weighted by molar-refractivity contribution is 4.60. The summed E-state index contributed by atoms with van der Waals surface area (Å²) in [4.78, 5) is 0. The van der Waals surface area contributed by atoms with E-state index in [-0.39, 0.29) is 0 Å². The minimum atomic E-state index is -1.09. The van der Waals surface area contributed by atoms with Crippen LogP contribution in [-0.2, 0) is 14.2 Å². The third-order valence-electron chi connectivity index (χ3n) is 0.966. The molecule has 0 saturated carbocycles. The van der Waals surface area contributed by atoms with E-state index in [2.05, 4.69) is 13.2 Å². The Kier molecular flexibility index (Phi) is 3.57. The Balaban J connectivity index is 3.92. The summed E-state index contributed by atoms with van der Waals surface area (Å²) in [5.41, 5.74) is 0. The maximum Gasteiger partial charge on any atom is 0.367 e. The van der Waals surface area contributed by atoms with Gasteiger partial charge >= 0.3 is 5.97 Å². The minimum absolute atomic E-state index is 1.09. The summed E-state index contributed by atoms with van der Waals surface area (Å²) in [6, 6.07) is 0. The lowest BCUT2D eigenvalue weighted by molar-refractivity contribution is -0.316. The summed E-state index contributed by atoms with van der Waals surface area (Å²) in [7, 11) is 1.47. The predicted octanol–water partition coefficient (Wildman–Crippen LogP) is 1.63. The number of hydrogen-bond donors (Lipinski definition) is 0. The van der Waals surface area contributed by atoms with Crippen LogP contribution in [0.3, 0.4) is 0 Å². The molecule has 0 aliphatic rings. The molecule has 0 unspecified atom stereocenters. The van der Waals surface area contributed by atoms with Crippen LogP contribution in [0.4, 0.5) is 0 Å². The van der Waals surface area contributed by atoms with Gasteiger partial charge in [-0.2, -0.15) is 0 Å². The van der Waals surface area contributed by atoms with Crippen molar-refractivity contribution in [1.29, 1.82) is 0 Å². The lowest BCUT2D eigenvalue weighted by atomic mass is 10.6. The van der Waals surface area contributed by atoms with Crippen LogP contribution in [0.1, 0.15) is 6.92 Å². The highest BCUT2D eigenvalue weighted by Crippen LogP contribution is 2.12. The van der Waals surface area contributed by atoms with E-state index < -0.39 is 5.97 Å². The van der Waals surface area contributed by atoms with Gasteiger partial charge in [-0.15, -0.1) is 0 Å². The zero-order chi connectivity index (χ0) is 8.04. The summed E-state index contributed by atoms with van der Waals surface area (Å²) >= 11 is 0. The van der Waals surface area contributed by atoms with Crippen LogP contribution < -0.4 is 0 Å². The molecule has 0 aromatic heterocycles. The maximum absolute atomic E-state index is 4.87. The number of hydrogen-bond acceptors (Lipinski definition) is 3. The Labute approximate surface area is 60.9 Å². The monoisotopic (exact) mass is 144 g/mol. The molecule has 0 aromatic rings. The summed E-state index contributed by atoms with van der Waals surface area (Å²) in [6.45, 7) is 8.33. The highest BCUT2D eigenvalue weighted by atomic mass is 16.9. The van der Waals surface area contributed by atoms with Crippen molar-refractivity contribution in [3.8, 4) is 0 Å². The smallest absolute Gasteiger partial charge is 0.367 e. The topological polar surface area (TPSA) is 27.7 Å². The zero-order valence-electron chi connectivity index (χ0n) is 6.29. The molecule has 0 atom stereocenters. The van der Waals surface area contributed by atoms with Gasteiger partial charge in [0, 0.05) is 14.0 Å². The molecule has 10 heavy (non-hydrogen) atoms. The van der Waals surface area contributed by atoms with Crippen LogP contribution in [0.25, 0.3) is 0 Å². The fourth-order valence-electron chi connectivity index (χ4n) is 0.427. The molecule has 58 valence electrons. The van der Waals surface area contributed by atoms with Crippen LogP contribution in [0, 0.1) is 0 Å². The highest BCUT2D eigenvalue weighted by Gasteiger charge is 2.24. The molecular formula is C7H12O3. The molecule has 0 radical (unpaired) electrons. The van der Waals surface area contributed by atoms with Crippen molar-refractivity contribution in [2.75, 3.05) is 7.11 Å². The normalized spacial score (nSPS) is 10.2. The molecule has 0 aliphatic carbocycles.